The lowest BCUT2D eigenvalue weighted by atomic mass is 10.2. The summed E-state index contributed by atoms with van der Waals surface area (Å²) < 4.78 is 38.6. The van der Waals surface area contributed by atoms with Crippen molar-refractivity contribution >= 4 is 23.2 Å². The van der Waals surface area contributed by atoms with E-state index >= 15 is 0 Å². The van der Waals surface area contributed by atoms with Crippen molar-refractivity contribution in [2.24, 2.45) is 0 Å². The minimum atomic E-state index is -4.47. The predicted octanol–water partition coefficient (Wildman–Crippen LogP) is 4.67. The van der Waals surface area contributed by atoms with Crippen LogP contribution in [-0.4, -0.2) is 15.9 Å². The molecule has 146 valence electrons. The van der Waals surface area contributed by atoms with Crippen molar-refractivity contribution in [2.75, 3.05) is 10.6 Å². The zero-order chi connectivity index (χ0) is 21.0. The number of alkyl halides is 3. The number of hydrogen-bond acceptors (Lipinski definition) is 5. The Morgan fingerprint density at radius 3 is 2.41 bits per heavy atom. The maximum Gasteiger partial charge on any atom is 0.416 e. The maximum absolute atomic E-state index is 12.9. The number of aromatic nitrogens is 2. The first-order valence-corrected chi connectivity index (χ1v) is 8.36. The molecule has 0 atom stereocenters. The van der Waals surface area contributed by atoms with Gasteiger partial charge in [0.15, 0.2) is 0 Å². The number of carbonyl (C=O) groups is 1. The Morgan fingerprint density at radius 1 is 1.03 bits per heavy atom. The number of nitrogens with zero attached hydrogens (tertiary/aromatic N) is 3. The molecular weight excluding hydrogens is 383 g/mol. The van der Waals surface area contributed by atoms with Crippen molar-refractivity contribution in [3.63, 3.8) is 0 Å². The van der Waals surface area contributed by atoms with E-state index in [1.54, 1.807) is 31.2 Å². The highest BCUT2D eigenvalue weighted by Crippen LogP contribution is 2.31. The lowest BCUT2D eigenvalue weighted by molar-refractivity contribution is -0.137. The zero-order valence-electron chi connectivity index (χ0n) is 15.1. The van der Waals surface area contributed by atoms with Crippen LogP contribution in [0, 0.1) is 18.3 Å². The Morgan fingerprint density at radius 2 is 1.76 bits per heavy atom. The second kappa shape index (κ2) is 7.98. The van der Waals surface area contributed by atoms with Gasteiger partial charge in [0.2, 0.25) is 5.95 Å². The molecule has 0 aliphatic heterocycles. The molecule has 6 nitrogen and oxygen atoms in total. The van der Waals surface area contributed by atoms with Gasteiger partial charge in [0.1, 0.15) is 5.69 Å². The summed E-state index contributed by atoms with van der Waals surface area (Å²) in [5.74, 6) is -0.526. The summed E-state index contributed by atoms with van der Waals surface area (Å²) in [7, 11) is 0. The van der Waals surface area contributed by atoms with Crippen molar-refractivity contribution < 1.29 is 18.0 Å². The first-order chi connectivity index (χ1) is 13.7. The van der Waals surface area contributed by atoms with Crippen molar-refractivity contribution in [1.29, 1.82) is 5.26 Å². The van der Waals surface area contributed by atoms with Crippen molar-refractivity contribution in [3.05, 3.63) is 77.1 Å². The van der Waals surface area contributed by atoms with Crippen LogP contribution in [0.15, 0.2) is 54.6 Å². The molecular formula is C20H14F3N5O. The van der Waals surface area contributed by atoms with Gasteiger partial charge in [-0.3, -0.25) is 4.79 Å². The SMILES string of the molecule is Cc1cc(C(=O)Nc2ccc(C#N)cc2)nc(Nc2cccc(C(F)(F)F)c2)n1. The summed E-state index contributed by atoms with van der Waals surface area (Å²) in [6.45, 7) is 1.64. The summed E-state index contributed by atoms with van der Waals surface area (Å²) in [5, 5.41) is 14.1. The normalized spacial score (nSPS) is 10.9. The number of halogens is 3. The van der Waals surface area contributed by atoms with Crippen LogP contribution in [0.25, 0.3) is 0 Å². The van der Waals surface area contributed by atoms with Gasteiger partial charge in [0, 0.05) is 17.1 Å². The number of nitriles is 1. The van der Waals surface area contributed by atoms with Crippen molar-refractivity contribution in [3.8, 4) is 6.07 Å². The van der Waals surface area contributed by atoms with E-state index < -0.39 is 17.6 Å². The van der Waals surface area contributed by atoms with Gasteiger partial charge in [-0.1, -0.05) is 6.07 Å². The smallest absolute Gasteiger partial charge is 0.324 e. The van der Waals surface area contributed by atoms with Crippen LogP contribution in [0.4, 0.5) is 30.5 Å². The van der Waals surface area contributed by atoms with E-state index in [4.69, 9.17) is 5.26 Å². The van der Waals surface area contributed by atoms with Crippen molar-refractivity contribution in [1.82, 2.24) is 9.97 Å². The Bertz CT molecular complexity index is 1090. The Labute approximate surface area is 164 Å². The number of carbonyl (C=O) groups excluding carboxylic acids is 1. The average molecular weight is 397 g/mol. The van der Waals surface area contributed by atoms with Gasteiger partial charge < -0.3 is 10.6 Å². The van der Waals surface area contributed by atoms with Crippen LogP contribution in [0.2, 0.25) is 0 Å². The molecule has 3 aromatic rings. The summed E-state index contributed by atoms with van der Waals surface area (Å²) >= 11 is 0. The van der Waals surface area contributed by atoms with E-state index in [0.29, 0.717) is 16.9 Å². The maximum atomic E-state index is 12.9. The van der Waals surface area contributed by atoms with Crippen LogP contribution in [-0.2, 0) is 6.18 Å². The third-order valence-electron chi connectivity index (χ3n) is 3.80. The number of nitrogens with one attached hydrogen (secondary N) is 2. The third-order valence-corrected chi connectivity index (χ3v) is 3.80. The number of amides is 1. The molecule has 2 N–H and O–H groups in total. The molecule has 0 saturated carbocycles. The molecule has 0 aliphatic rings. The number of anilines is 3. The van der Waals surface area contributed by atoms with E-state index in [0.717, 1.165) is 12.1 Å². The molecule has 0 fully saturated rings. The van der Waals surface area contributed by atoms with Gasteiger partial charge >= 0.3 is 6.18 Å². The molecule has 0 bridgehead atoms. The van der Waals surface area contributed by atoms with Gasteiger partial charge in [-0.05, 0) is 55.5 Å². The van der Waals surface area contributed by atoms with E-state index in [1.807, 2.05) is 6.07 Å². The van der Waals surface area contributed by atoms with E-state index in [-0.39, 0.29) is 17.3 Å². The molecule has 3 rings (SSSR count). The molecule has 1 amide bonds. The number of benzene rings is 2. The number of rotatable bonds is 4. The molecule has 0 radical (unpaired) electrons. The van der Waals surface area contributed by atoms with Crippen LogP contribution in [0.5, 0.6) is 0 Å². The number of hydrogen-bond donors (Lipinski definition) is 2. The summed E-state index contributed by atoms with van der Waals surface area (Å²) in [4.78, 5) is 20.7. The van der Waals surface area contributed by atoms with Crippen LogP contribution in [0.3, 0.4) is 0 Å². The molecule has 2 aromatic carbocycles. The lowest BCUT2D eigenvalue weighted by Crippen LogP contribution is -2.15. The largest absolute Gasteiger partial charge is 0.416 e. The van der Waals surface area contributed by atoms with Gasteiger partial charge in [0.25, 0.3) is 5.91 Å². The highest BCUT2D eigenvalue weighted by atomic mass is 19.4. The Kier molecular flexibility index (Phi) is 5.45. The fraction of sp³-hybridized carbons (Fsp3) is 0.100. The molecule has 0 unspecified atom stereocenters. The van der Waals surface area contributed by atoms with Crippen LogP contribution < -0.4 is 10.6 Å². The Hall–Kier alpha value is -3.93. The van der Waals surface area contributed by atoms with Crippen molar-refractivity contribution in [2.45, 2.75) is 13.1 Å². The van der Waals surface area contributed by atoms with Gasteiger partial charge in [-0.25, -0.2) is 9.97 Å². The highest BCUT2D eigenvalue weighted by Gasteiger charge is 2.30. The summed E-state index contributed by atoms with van der Waals surface area (Å²) in [6, 6.07) is 14.3. The fourth-order valence-electron chi connectivity index (χ4n) is 2.47. The highest BCUT2D eigenvalue weighted by molar-refractivity contribution is 6.03. The molecule has 29 heavy (non-hydrogen) atoms. The quantitative estimate of drug-likeness (QED) is 0.668. The Balaban J connectivity index is 1.80. The van der Waals surface area contributed by atoms with Gasteiger partial charge in [0.05, 0.1) is 17.2 Å². The average Bonchev–Trinajstić information content (AvgIpc) is 2.67. The molecule has 0 spiro atoms. The van der Waals surface area contributed by atoms with Crippen LogP contribution in [0.1, 0.15) is 27.3 Å². The summed E-state index contributed by atoms with van der Waals surface area (Å²) in [5.41, 5.74) is 0.750. The number of aryl methyl sites for hydroxylation is 1. The molecule has 9 heteroatoms. The minimum Gasteiger partial charge on any atom is -0.324 e. The predicted molar refractivity (Wildman–Crippen MR) is 101 cm³/mol. The molecule has 0 aliphatic carbocycles. The first-order valence-electron chi connectivity index (χ1n) is 8.36. The lowest BCUT2D eigenvalue weighted by Gasteiger charge is -2.11. The fourth-order valence-corrected chi connectivity index (χ4v) is 2.47. The van der Waals surface area contributed by atoms with Crippen LogP contribution >= 0.6 is 0 Å². The second-order valence-electron chi connectivity index (χ2n) is 6.07. The second-order valence-corrected chi connectivity index (χ2v) is 6.07. The topological polar surface area (TPSA) is 90.7 Å². The summed E-state index contributed by atoms with van der Waals surface area (Å²) in [6.07, 6.45) is -4.47. The molecule has 1 aromatic heterocycles. The standard InChI is InChI=1S/C20H14F3N5O/c1-12-9-17(18(29)26-15-7-5-13(11-24)6-8-15)28-19(25-12)27-16-4-2-3-14(10-16)20(21,22)23/h2-10H,1H3,(H,26,29)(H,25,27,28). The van der Waals surface area contributed by atoms with Gasteiger partial charge in [-0.2, -0.15) is 18.4 Å². The molecule has 0 saturated heterocycles. The first kappa shape index (κ1) is 19.8. The van der Waals surface area contributed by atoms with Gasteiger partial charge in [-0.15, -0.1) is 0 Å². The monoisotopic (exact) mass is 397 g/mol. The van der Waals surface area contributed by atoms with E-state index in [9.17, 15) is 18.0 Å². The van der Waals surface area contributed by atoms with E-state index in [2.05, 4.69) is 20.6 Å². The van der Waals surface area contributed by atoms with E-state index in [1.165, 1.54) is 18.2 Å². The third kappa shape index (κ3) is 5.07. The zero-order valence-corrected chi connectivity index (χ0v) is 15.1. The molecule has 1 heterocycles. The minimum absolute atomic E-state index is 0.00528.